The molecule has 5 rings (SSSR count). The quantitative estimate of drug-likeness (QED) is 0.265. The first-order chi connectivity index (χ1) is 17.3. The standard InChI is InChI=1S/C27H23F3N2O3S/c1-34-16-10-11-24-22(14-16)21(25(32-24)36-27(28,29)30)12-13-31-26(33)35-15-23-19-8-4-2-6-17(19)18-7-3-5-9-20(18)23/h2-11,14,23,32H,12-13,15H2,1H3,(H,31,33). The third-order valence-electron chi connectivity index (χ3n) is 6.28. The van der Waals surface area contributed by atoms with Gasteiger partial charge in [-0.25, -0.2) is 4.79 Å². The van der Waals surface area contributed by atoms with Gasteiger partial charge in [0.25, 0.3) is 0 Å². The molecule has 0 unspecified atom stereocenters. The van der Waals surface area contributed by atoms with Crippen molar-refractivity contribution < 1.29 is 27.4 Å². The Morgan fingerprint density at radius 3 is 2.33 bits per heavy atom. The van der Waals surface area contributed by atoms with Gasteiger partial charge in [-0.1, -0.05) is 48.5 Å². The summed E-state index contributed by atoms with van der Waals surface area (Å²) >= 11 is -0.201. The molecule has 0 radical (unpaired) electrons. The van der Waals surface area contributed by atoms with E-state index in [1.54, 1.807) is 18.2 Å². The molecular formula is C27H23F3N2O3S. The van der Waals surface area contributed by atoms with Crippen LogP contribution in [0.4, 0.5) is 18.0 Å². The van der Waals surface area contributed by atoms with Crippen LogP contribution in [0.2, 0.25) is 0 Å². The molecule has 0 bridgehead atoms. The van der Waals surface area contributed by atoms with Gasteiger partial charge in [-0.2, -0.15) is 13.2 Å². The minimum atomic E-state index is -4.44. The van der Waals surface area contributed by atoms with Crippen LogP contribution in [-0.4, -0.2) is 36.8 Å². The fraction of sp³-hybridized carbons (Fsp3) is 0.222. The first kappa shape index (κ1) is 24.1. The largest absolute Gasteiger partial charge is 0.497 e. The molecule has 1 aromatic heterocycles. The molecule has 0 saturated heterocycles. The van der Waals surface area contributed by atoms with Gasteiger partial charge in [-0.15, -0.1) is 0 Å². The molecule has 1 aliphatic carbocycles. The summed E-state index contributed by atoms with van der Waals surface area (Å²) in [4.78, 5) is 15.3. The molecule has 1 amide bonds. The van der Waals surface area contributed by atoms with Crippen LogP contribution in [0.25, 0.3) is 22.0 Å². The number of H-pyrrole nitrogens is 1. The Morgan fingerprint density at radius 2 is 1.69 bits per heavy atom. The van der Waals surface area contributed by atoms with Gasteiger partial charge < -0.3 is 19.8 Å². The Morgan fingerprint density at radius 1 is 1.03 bits per heavy atom. The lowest BCUT2D eigenvalue weighted by Gasteiger charge is -2.14. The van der Waals surface area contributed by atoms with E-state index in [-0.39, 0.29) is 42.3 Å². The van der Waals surface area contributed by atoms with Crippen molar-refractivity contribution in [1.82, 2.24) is 10.3 Å². The molecule has 186 valence electrons. The number of alkyl halides is 3. The van der Waals surface area contributed by atoms with E-state index in [0.29, 0.717) is 22.2 Å². The van der Waals surface area contributed by atoms with Crippen molar-refractivity contribution in [2.45, 2.75) is 22.9 Å². The van der Waals surface area contributed by atoms with E-state index in [1.807, 2.05) is 36.4 Å². The predicted octanol–water partition coefficient (Wildman–Crippen LogP) is 6.87. The Hall–Kier alpha value is -3.59. The Kier molecular flexibility index (Phi) is 6.57. The zero-order chi connectivity index (χ0) is 25.3. The summed E-state index contributed by atoms with van der Waals surface area (Å²) < 4.78 is 50.2. The van der Waals surface area contributed by atoms with Crippen LogP contribution in [0.15, 0.2) is 71.8 Å². The number of hydrogen-bond donors (Lipinski definition) is 2. The van der Waals surface area contributed by atoms with Crippen LogP contribution in [0.3, 0.4) is 0 Å². The number of carbonyl (C=O) groups excluding carboxylic acids is 1. The zero-order valence-electron chi connectivity index (χ0n) is 19.3. The minimum Gasteiger partial charge on any atom is -0.497 e. The highest BCUT2D eigenvalue weighted by Crippen LogP contribution is 2.44. The highest BCUT2D eigenvalue weighted by molar-refractivity contribution is 8.00. The van der Waals surface area contributed by atoms with Crippen molar-refractivity contribution >= 4 is 28.8 Å². The van der Waals surface area contributed by atoms with E-state index in [0.717, 1.165) is 22.3 Å². The average molecular weight is 513 g/mol. The normalized spacial score (nSPS) is 12.9. The number of amides is 1. The summed E-state index contributed by atoms with van der Waals surface area (Å²) in [5.74, 6) is 0.467. The molecule has 4 aromatic rings. The Labute approximate surface area is 210 Å². The van der Waals surface area contributed by atoms with Crippen molar-refractivity contribution in [3.8, 4) is 16.9 Å². The van der Waals surface area contributed by atoms with Gasteiger partial charge in [0.2, 0.25) is 0 Å². The first-order valence-corrected chi connectivity index (χ1v) is 12.2. The number of benzene rings is 3. The molecule has 5 nitrogen and oxygen atoms in total. The maximum absolute atomic E-state index is 13.1. The van der Waals surface area contributed by atoms with Crippen molar-refractivity contribution in [3.05, 3.63) is 83.4 Å². The second kappa shape index (κ2) is 9.81. The Balaban J connectivity index is 1.25. The molecule has 9 heteroatoms. The number of halogens is 3. The van der Waals surface area contributed by atoms with E-state index >= 15 is 0 Å². The van der Waals surface area contributed by atoms with Crippen LogP contribution < -0.4 is 10.1 Å². The molecule has 0 fully saturated rings. The van der Waals surface area contributed by atoms with Gasteiger partial charge in [0.1, 0.15) is 12.4 Å². The van der Waals surface area contributed by atoms with Crippen LogP contribution >= 0.6 is 11.8 Å². The number of alkyl carbamates (subject to hydrolysis) is 1. The second-order valence-corrected chi connectivity index (χ2v) is 9.47. The van der Waals surface area contributed by atoms with Crippen molar-refractivity contribution in [1.29, 1.82) is 0 Å². The monoisotopic (exact) mass is 512 g/mol. The number of methoxy groups -OCH3 is 1. The van der Waals surface area contributed by atoms with Crippen molar-refractivity contribution in [3.63, 3.8) is 0 Å². The van der Waals surface area contributed by atoms with Gasteiger partial charge in [0.15, 0.2) is 0 Å². The van der Waals surface area contributed by atoms with Crippen LogP contribution in [-0.2, 0) is 11.2 Å². The maximum Gasteiger partial charge on any atom is 0.447 e. The molecule has 2 N–H and O–H groups in total. The molecule has 1 aliphatic rings. The second-order valence-electron chi connectivity index (χ2n) is 8.39. The number of aromatic amines is 1. The minimum absolute atomic E-state index is 0.0000834. The fourth-order valence-corrected chi connectivity index (χ4v) is 5.45. The molecule has 36 heavy (non-hydrogen) atoms. The number of thioether (sulfide) groups is 1. The molecule has 0 spiro atoms. The predicted molar refractivity (Wildman–Crippen MR) is 134 cm³/mol. The topological polar surface area (TPSA) is 63.3 Å². The van der Waals surface area contributed by atoms with E-state index in [9.17, 15) is 18.0 Å². The number of rotatable bonds is 7. The summed E-state index contributed by atoms with van der Waals surface area (Å²) in [6.45, 7) is 0.283. The van der Waals surface area contributed by atoms with Crippen LogP contribution in [0.1, 0.15) is 22.6 Å². The van der Waals surface area contributed by atoms with Gasteiger partial charge >= 0.3 is 11.6 Å². The lowest BCUT2D eigenvalue weighted by Crippen LogP contribution is -2.28. The zero-order valence-corrected chi connectivity index (χ0v) is 20.1. The fourth-order valence-electron chi connectivity index (χ4n) is 4.72. The number of fused-ring (bicyclic) bond motifs is 4. The SMILES string of the molecule is COc1ccc2[nH]c(SC(F)(F)F)c(CCNC(=O)OCC3c4ccccc4-c4ccccc43)c2c1. The molecular weight excluding hydrogens is 489 g/mol. The number of ether oxygens (including phenoxy) is 2. The number of aromatic nitrogens is 1. The van der Waals surface area contributed by atoms with E-state index < -0.39 is 11.6 Å². The number of hydrogen-bond acceptors (Lipinski definition) is 4. The molecule has 3 aromatic carbocycles. The summed E-state index contributed by atoms with van der Waals surface area (Å²) in [7, 11) is 1.50. The average Bonchev–Trinajstić information content (AvgIpc) is 3.36. The van der Waals surface area contributed by atoms with Crippen LogP contribution in [0, 0.1) is 0 Å². The summed E-state index contributed by atoms with van der Waals surface area (Å²) in [5, 5.41) is 3.30. The van der Waals surface area contributed by atoms with Gasteiger partial charge in [-0.05, 0) is 52.4 Å². The van der Waals surface area contributed by atoms with Gasteiger partial charge in [-0.3, -0.25) is 0 Å². The van der Waals surface area contributed by atoms with Crippen LogP contribution in [0.5, 0.6) is 5.75 Å². The first-order valence-electron chi connectivity index (χ1n) is 11.4. The van der Waals surface area contributed by atoms with E-state index in [2.05, 4.69) is 22.4 Å². The molecule has 0 aliphatic heterocycles. The Bertz CT molecular complexity index is 1370. The lowest BCUT2D eigenvalue weighted by molar-refractivity contribution is -0.0329. The third kappa shape index (κ3) is 4.88. The summed E-state index contributed by atoms with van der Waals surface area (Å²) in [5.41, 5.74) is 1.06. The lowest BCUT2D eigenvalue weighted by atomic mass is 9.98. The molecule has 1 heterocycles. The molecule has 0 saturated carbocycles. The van der Waals surface area contributed by atoms with Gasteiger partial charge in [0, 0.05) is 35.1 Å². The summed E-state index contributed by atoms with van der Waals surface area (Å²) in [6.07, 6.45) is -0.421. The molecule has 0 atom stereocenters. The summed E-state index contributed by atoms with van der Waals surface area (Å²) in [6, 6.07) is 21.1. The third-order valence-corrected chi connectivity index (χ3v) is 7.06. The smallest absolute Gasteiger partial charge is 0.447 e. The maximum atomic E-state index is 13.1. The number of carbonyl (C=O) groups is 1. The van der Waals surface area contributed by atoms with Gasteiger partial charge in [0.05, 0.1) is 12.1 Å². The highest BCUT2D eigenvalue weighted by atomic mass is 32.2. The number of nitrogens with one attached hydrogen (secondary N) is 2. The van der Waals surface area contributed by atoms with E-state index in [1.165, 1.54) is 7.11 Å². The van der Waals surface area contributed by atoms with E-state index in [4.69, 9.17) is 9.47 Å². The van der Waals surface area contributed by atoms with Crippen molar-refractivity contribution in [2.75, 3.05) is 20.3 Å². The highest BCUT2D eigenvalue weighted by Gasteiger charge is 2.32. The van der Waals surface area contributed by atoms with Crippen molar-refractivity contribution in [2.24, 2.45) is 0 Å².